The normalized spacial score (nSPS) is 11.4. The number of carboxylic acid groups (broad SMARTS) is 1. The largest absolute Gasteiger partial charge is 0.485 e. The number of hydrogen-bond acceptors (Lipinski definition) is 4. The number of carbonyl (C=O) groups is 2. The van der Waals surface area contributed by atoms with Crippen LogP contribution in [0.25, 0.3) is 5.65 Å². The van der Waals surface area contributed by atoms with Gasteiger partial charge in [0.1, 0.15) is 23.9 Å². The number of fused-ring (bicyclic) bond motifs is 1. The molecule has 0 spiro atoms. The Morgan fingerprint density at radius 2 is 1.88 bits per heavy atom. The van der Waals surface area contributed by atoms with Crippen LogP contribution in [0.3, 0.4) is 0 Å². The maximum absolute atomic E-state index is 14.0. The number of halogens is 2. The van der Waals surface area contributed by atoms with E-state index in [-0.39, 0.29) is 30.2 Å². The van der Waals surface area contributed by atoms with Crippen LogP contribution in [0.1, 0.15) is 41.2 Å². The summed E-state index contributed by atoms with van der Waals surface area (Å²) in [5, 5.41) is 13.8. The van der Waals surface area contributed by atoms with Gasteiger partial charge in [-0.25, -0.2) is 18.6 Å². The number of nitrogens with one attached hydrogen (secondary N) is 2. The van der Waals surface area contributed by atoms with Gasteiger partial charge < -0.3 is 20.5 Å². The summed E-state index contributed by atoms with van der Waals surface area (Å²) in [7, 11) is 0. The van der Waals surface area contributed by atoms with E-state index in [4.69, 9.17) is 9.84 Å². The number of benzene rings is 1. The third-order valence-corrected chi connectivity index (χ3v) is 4.78. The molecule has 0 saturated heterocycles. The number of hydrogen-bond donors (Lipinski definition) is 3. The molecule has 0 aliphatic rings. The van der Waals surface area contributed by atoms with Gasteiger partial charge in [-0.05, 0) is 51.5 Å². The first-order chi connectivity index (χ1) is 15.0. The second-order valence-corrected chi connectivity index (χ2v) is 8.11. The molecule has 2 aromatic heterocycles. The molecule has 0 aliphatic carbocycles. The van der Waals surface area contributed by atoms with Crippen LogP contribution < -0.4 is 15.4 Å². The third kappa shape index (κ3) is 4.96. The highest BCUT2D eigenvalue weighted by Crippen LogP contribution is 2.26. The van der Waals surface area contributed by atoms with Crippen LogP contribution in [0.15, 0.2) is 30.5 Å². The molecule has 3 N–H and O–H groups in total. The van der Waals surface area contributed by atoms with Gasteiger partial charge in [-0.2, -0.15) is 0 Å². The Morgan fingerprint density at radius 1 is 1.22 bits per heavy atom. The first-order valence-electron chi connectivity index (χ1n) is 9.83. The summed E-state index contributed by atoms with van der Waals surface area (Å²) in [5.41, 5.74) is 0.640. The first-order valence-corrected chi connectivity index (χ1v) is 9.83. The van der Waals surface area contributed by atoms with E-state index in [9.17, 15) is 18.4 Å². The van der Waals surface area contributed by atoms with Gasteiger partial charge in [-0.1, -0.05) is 6.07 Å². The van der Waals surface area contributed by atoms with E-state index < -0.39 is 29.2 Å². The number of aryl methyl sites for hydroxylation is 2. The monoisotopic (exact) mass is 446 g/mol. The fourth-order valence-corrected chi connectivity index (χ4v) is 3.27. The molecule has 2 amide bonds. The third-order valence-electron chi connectivity index (χ3n) is 4.78. The Balaban J connectivity index is 1.92. The molecule has 0 saturated carbocycles. The van der Waals surface area contributed by atoms with Crippen molar-refractivity contribution in [2.24, 2.45) is 0 Å². The molecule has 8 nitrogen and oxygen atoms in total. The molecule has 0 fully saturated rings. The predicted octanol–water partition coefficient (Wildman–Crippen LogP) is 3.58. The lowest BCUT2D eigenvalue weighted by atomic mass is 10.1. The van der Waals surface area contributed by atoms with Crippen LogP contribution in [-0.2, 0) is 6.61 Å². The summed E-state index contributed by atoms with van der Waals surface area (Å²) < 4.78 is 35.2. The number of amides is 2. The van der Waals surface area contributed by atoms with E-state index >= 15 is 0 Å². The quantitative estimate of drug-likeness (QED) is 0.515. The first kappa shape index (κ1) is 23.0. The van der Waals surface area contributed by atoms with Crippen molar-refractivity contribution < 1.29 is 28.2 Å². The van der Waals surface area contributed by atoms with Crippen LogP contribution in [0.4, 0.5) is 13.6 Å². The van der Waals surface area contributed by atoms with Gasteiger partial charge in [0.15, 0.2) is 11.4 Å². The number of carbonyl (C=O) groups excluding carboxylic acids is 1. The summed E-state index contributed by atoms with van der Waals surface area (Å²) in [6, 6.07) is 5.24. The molecule has 0 radical (unpaired) electrons. The molecule has 3 aromatic rings. The maximum Gasteiger partial charge on any atom is 0.404 e. The van der Waals surface area contributed by atoms with Crippen molar-refractivity contribution in [2.75, 3.05) is 6.54 Å². The fraction of sp³-hybridized carbons (Fsp3) is 0.318. The molecule has 10 heteroatoms. The standard InChI is InChI=1S/C22H24F2N4O4/c1-12-8-17(32-10-14-15(23)6-5-7-16(14)24)19-26-13(2)18(28(19)9-12)20(29)27-22(3,4)11-25-21(30)31/h5-9,25H,10-11H2,1-4H3,(H,27,29)(H,30,31). The lowest BCUT2D eigenvalue weighted by Gasteiger charge is -2.26. The van der Waals surface area contributed by atoms with Crippen LogP contribution in [-0.4, -0.2) is 38.6 Å². The number of imidazole rings is 1. The fourth-order valence-electron chi connectivity index (χ4n) is 3.27. The van der Waals surface area contributed by atoms with Gasteiger partial charge in [0.25, 0.3) is 5.91 Å². The summed E-state index contributed by atoms with van der Waals surface area (Å²) in [6.07, 6.45) is 0.505. The Bertz CT molecular complexity index is 1170. The van der Waals surface area contributed by atoms with Crippen LogP contribution in [0.5, 0.6) is 5.75 Å². The van der Waals surface area contributed by atoms with Gasteiger partial charge in [-0.3, -0.25) is 9.20 Å². The number of aromatic nitrogens is 2. The topological polar surface area (TPSA) is 105 Å². The van der Waals surface area contributed by atoms with Crippen molar-refractivity contribution in [3.05, 3.63) is 64.6 Å². The average Bonchev–Trinajstić information content (AvgIpc) is 3.01. The molecule has 0 unspecified atom stereocenters. The van der Waals surface area contributed by atoms with E-state index in [0.29, 0.717) is 11.3 Å². The zero-order valence-electron chi connectivity index (χ0n) is 18.1. The van der Waals surface area contributed by atoms with Crippen molar-refractivity contribution in [1.82, 2.24) is 20.0 Å². The lowest BCUT2D eigenvalue weighted by molar-refractivity contribution is 0.0904. The van der Waals surface area contributed by atoms with Gasteiger partial charge in [-0.15, -0.1) is 0 Å². The van der Waals surface area contributed by atoms with E-state index in [1.165, 1.54) is 6.07 Å². The molecule has 1 aromatic carbocycles. The molecule has 32 heavy (non-hydrogen) atoms. The minimum absolute atomic E-state index is 0.00541. The van der Waals surface area contributed by atoms with Gasteiger partial charge in [0.05, 0.1) is 16.8 Å². The molecule has 0 aliphatic heterocycles. The van der Waals surface area contributed by atoms with Gasteiger partial charge >= 0.3 is 6.09 Å². The van der Waals surface area contributed by atoms with Crippen molar-refractivity contribution in [3.8, 4) is 5.75 Å². The smallest absolute Gasteiger partial charge is 0.404 e. The molecular weight excluding hydrogens is 422 g/mol. The van der Waals surface area contributed by atoms with Gasteiger partial charge in [0.2, 0.25) is 0 Å². The highest BCUT2D eigenvalue weighted by Gasteiger charge is 2.26. The van der Waals surface area contributed by atoms with Crippen molar-refractivity contribution in [1.29, 1.82) is 0 Å². The van der Waals surface area contributed by atoms with Crippen molar-refractivity contribution in [3.63, 3.8) is 0 Å². The highest BCUT2D eigenvalue weighted by molar-refractivity contribution is 5.95. The van der Waals surface area contributed by atoms with Crippen molar-refractivity contribution in [2.45, 2.75) is 39.8 Å². The number of ether oxygens (including phenoxy) is 1. The summed E-state index contributed by atoms with van der Waals surface area (Å²) >= 11 is 0. The zero-order chi connectivity index (χ0) is 23.6. The molecule has 0 bridgehead atoms. The molecule has 0 atom stereocenters. The van der Waals surface area contributed by atoms with Crippen LogP contribution in [0, 0.1) is 25.5 Å². The molecule has 170 valence electrons. The summed E-state index contributed by atoms with van der Waals surface area (Å²) in [4.78, 5) is 28.2. The Labute approximate surface area is 183 Å². The van der Waals surface area contributed by atoms with E-state index in [1.54, 1.807) is 44.4 Å². The number of pyridine rings is 1. The van der Waals surface area contributed by atoms with Crippen LogP contribution in [0.2, 0.25) is 0 Å². The molecular formula is C22H24F2N4O4. The molecule has 3 rings (SSSR count). The number of nitrogens with zero attached hydrogens (tertiary/aromatic N) is 2. The SMILES string of the molecule is Cc1cc(OCc2c(F)cccc2F)c2nc(C)c(C(=O)NC(C)(C)CNC(=O)O)n2c1. The second-order valence-electron chi connectivity index (χ2n) is 8.11. The minimum Gasteiger partial charge on any atom is -0.485 e. The van der Waals surface area contributed by atoms with Crippen molar-refractivity contribution >= 4 is 17.6 Å². The van der Waals surface area contributed by atoms with E-state index in [1.807, 2.05) is 0 Å². The highest BCUT2D eigenvalue weighted by atomic mass is 19.1. The van der Waals surface area contributed by atoms with Crippen LogP contribution >= 0.6 is 0 Å². The maximum atomic E-state index is 14.0. The Morgan fingerprint density at radius 3 is 2.50 bits per heavy atom. The number of rotatable bonds is 7. The second kappa shape index (κ2) is 8.81. The Hall–Kier alpha value is -3.69. The predicted molar refractivity (Wildman–Crippen MR) is 113 cm³/mol. The van der Waals surface area contributed by atoms with Gasteiger partial charge in [0, 0.05) is 12.7 Å². The summed E-state index contributed by atoms with van der Waals surface area (Å²) in [6.45, 7) is 6.46. The van der Waals surface area contributed by atoms with E-state index in [0.717, 1.165) is 17.7 Å². The Kier molecular flexibility index (Phi) is 6.33. The summed E-state index contributed by atoms with van der Waals surface area (Å²) in [5.74, 6) is -1.62. The average molecular weight is 446 g/mol. The van der Waals surface area contributed by atoms with E-state index in [2.05, 4.69) is 15.6 Å². The minimum atomic E-state index is -1.19. The molecule has 2 heterocycles. The zero-order valence-corrected chi connectivity index (χ0v) is 18.1. The lowest BCUT2D eigenvalue weighted by Crippen LogP contribution is -2.51.